The van der Waals surface area contributed by atoms with Crippen LogP contribution in [0.4, 0.5) is 5.69 Å². The lowest BCUT2D eigenvalue weighted by molar-refractivity contribution is -0.115. The van der Waals surface area contributed by atoms with Gasteiger partial charge in [-0.15, -0.1) is 0 Å². The molecule has 106 valence electrons. The van der Waals surface area contributed by atoms with Gasteiger partial charge in [-0.2, -0.15) is 0 Å². The lowest BCUT2D eigenvalue weighted by atomic mass is 10.0. The molecule has 2 aliphatic heterocycles. The van der Waals surface area contributed by atoms with E-state index >= 15 is 0 Å². The topological polar surface area (TPSA) is 70.2 Å². The molecule has 0 bridgehead atoms. The van der Waals surface area contributed by atoms with E-state index in [0.29, 0.717) is 24.6 Å². The Balaban J connectivity index is 1.60. The van der Waals surface area contributed by atoms with Gasteiger partial charge in [0.2, 0.25) is 5.91 Å². The number of fused-ring (bicyclic) bond motifs is 1. The fourth-order valence-electron chi connectivity index (χ4n) is 2.77. The summed E-state index contributed by atoms with van der Waals surface area (Å²) in [5.41, 5.74) is 2.32. The lowest BCUT2D eigenvalue weighted by Gasteiger charge is -2.23. The maximum atomic E-state index is 12.1. The number of amides is 2. The SMILES string of the molecule is O=C1Cc2ccc(C(=O)NCC3CCCCN3)cc2N1. The van der Waals surface area contributed by atoms with Gasteiger partial charge in [0.15, 0.2) is 0 Å². The summed E-state index contributed by atoms with van der Waals surface area (Å²) in [6, 6.07) is 5.76. The van der Waals surface area contributed by atoms with Crippen molar-refractivity contribution in [3.63, 3.8) is 0 Å². The molecular weight excluding hydrogens is 254 g/mol. The highest BCUT2D eigenvalue weighted by Crippen LogP contribution is 2.23. The number of piperidine rings is 1. The van der Waals surface area contributed by atoms with Gasteiger partial charge in [-0.05, 0) is 37.1 Å². The van der Waals surface area contributed by atoms with Crippen molar-refractivity contribution >= 4 is 17.5 Å². The van der Waals surface area contributed by atoms with Crippen molar-refractivity contribution in [1.29, 1.82) is 0 Å². The third-order valence-electron chi connectivity index (χ3n) is 3.92. The highest BCUT2D eigenvalue weighted by molar-refractivity contribution is 6.02. The average Bonchev–Trinajstić information content (AvgIpc) is 2.85. The first-order valence-corrected chi connectivity index (χ1v) is 7.17. The molecule has 0 radical (unpaired) electrons. The zero-order valence-corrected chi connectivity index (χ0v) is 11.4. The number of carbonyl (C=O) groups is 2. The maximum Gasteiger partial charge on any atom is 0.251 e. The van der Waals surface area contributed by atoms with Gasteiger partial charge < -0.3 is 16.0 Å². The predicted octanol–water partition coefficient (Wildman–Crippen LogP) is 1.05. The number of rotatable bonds is 3. The summed E-state index contributed by atoms with van der Waals surface area (Å²) in [5.74, 6) is -0.0923. The third kappa shape index (κ3) is 2.82. The summed E-state index contributed by atoms with van der Waals surface area (Å²) in [7, 11) is 0. The highest BCUT2D eigenvalue weighted by atomic mass is 16.2. The van der Waals surface area contributed by atoms with Crippen molar-refractivity contribution < 1.29 is 9.59 Å². The summed E-state index contributed by atoms with van der Waals surface area (Å²) in [6.45, 7) is 1.69. The minimum atomic E-state index is -0.0821. The van der Waals surface area contributed by atoms with Crippen molar-refractivity contribution in [3.05, 3.63) is 29.3 Å². The molecule has 3 rings (SSSR count). The van der Waals surface area contributed by atoms with Gasteiger partial charge in [-0.1, -0.05) is 12.5 Å². The van der Waals surface area contributed by atoms with Crippen molar-refractivity contribution in [3.8, 4) is 0 Å². The van der Waals surface area contributed by atoms with Gasteiger partial charge in [-0.3, -0.25) is 9.59 Å². The van der Waals surface area contributed by atoms with Crippen LogP contribution in [0.15, 0.2) is 18.2 Å². The maximum absolute atomic E-state index is 12.1. The minimum absolute atomic E-state index is 0.0102. The van der Waals surface area contributed by atoms with E-state index in [1.807, 2.05) is 6.07 Å². The first-order chi connectivity index (χ1) is 9.72. The van der Waals surface area contributed by atoms with E-state index in [9.17, 15) is 9.59 Å². The van der Waals surface area contributed by atoms with E-state index in [-0.39, 0.29) is 11.8 Å². The van der Waals surface area contributed by atoms with Crippen molar-refractivity contribution in [1.82, 2.24) is 10.6 Å². The largest absolute Gasteiger partial charge is 0.350 e. The second kappa shape index (κ2) is 5.63. The van der Waals surface area contributed by atoms with Crippen LogP contribution in [0.5, 0.6) is 0 Å². The van der Waals surface area contributed by atoms with Crippen LogP contribution in [-0.4, -0.2) is 30.9 Å². The van der Waals surface area contributed by atoms with Crippen LogP contribution in [0.3, 0.4) is 0 Å². The van der Waals surface area contributed by atoms with Crippen molar-refractivity contribution in [2.24, 2.45) is 0 Å². The van der Waals surface area contributed by atoms with Gasteiger partial charge in [0.25, 0.3) is 5.91 Å². The van der Waals surface area contributed by atoms with Gasteiger partial charge in [-0.25, -0.2) is 0 Å². The van der Waals surface area contributed by atoms with Crippen LogP contribution in [-0.2, 0) is 11.2 Å². The molecule has 0 aliphatic carbocycles. The monoisotopic (exact) mass is 273 g/mol. The fourth-order valence-corrected chi connectivity index (χ4v) is 2.77. The second-order valence-corrected chi connectivity index (χ2v) is 5.45. The molecule has 2 aliphatic rings. The molecule has 1 fully saturated rings. The quantitative estimate of drug-likeness (QED) is 0.771. The van der Waals surface area contributed by atoms with Gasteiger partial charge in [0.1, 0.15) is 0 Å². The third-order valence-corrected chi connectivity index (χ3v) is 3.92. The Labute approximate surface area is 118 Å². The molecule has 2 heterocycles. The zero-order chi connectivity index (χ0) is 13.9. The van der Waals surface area contributed by atoms with Crippen LogP contribution in [0.2, 0.25) is 0 Å². The normalized spacial score (nSPS) is 21.2. The summed E-state index contributed by atoms with van der Waals surface area (Å²) < 4.78 is 0. The molecule has 3 N–H and O–H groups in total. The Kier molecular flexibility index (Phi) is 3.69. The zero-order valence-electron chi connectivity index (χ0n) is 11.4. The van der Waals surface area contributed by atoms with E-state index in [1.54, 1.807) is 12.1 Å². The fraction of sp³-hybridized carbons (Fsp3) is 0.467. The Morgan fingerprint density at radius 3 is 3.05 bits per heavy atom. The van der Waals surface area contributed by atoms with E-state index in [0.717, 1.165) is 24.2 Å². The van der Waals surface area contributed by atoms with Crippen molar-refractivity contribution in [2.45, 2.75) is 31.7 Å². The smallest absolute Gasteiger partial charge is 0.251 e. The molecule has 5 nitrogen and oxygen atoms in total. The number of anilines is 1. The average molecular weight is 273 g/mol. The first-order valence-electron chi connectivity index (χ1n) is 7.17. The van der Waals surface area contributed by atoms with Crippen LogP contribution in [0, 0.1) is 0 Å². The molecule has 5 heteroatoms. The first kappa shape index (κ1) is 13.1. The molecule has 20 heavy (non-hydrogen) atoms. The van der Waals surface area contributed by atoms with Gasteiger partial charge >= 0.3 is 0 Å². The molecule has 1 unspecified atom stereocenters. The lowest BCUT2D eigenvalue weighted by Crippen LogP contribution is -2.43. The van der Waals surface area contributed by atoms with E-state index in [2.05, 4.69) is 16.0 Å². The Morgan fingerprint density at radius 2 is 2.25 bits per heavy atom. The van der Waals surface area contributed by atoms with Crippen molar-refractivity contribution in [2.75, 3.05) is 18.4 Å². The summed E-state index contributed by atoms with van der Waals surface area (Å²) >= 11 is 0. The number of hydrogen-bond donors (Lipinski definition) is 3. The molecule has 2 amide bonds. The van der Waals surface area contributed by atoms with E-state index < -0.39 is 0 Å². The highest BCUT2D eigenvalue weighted by Gasteiger charge is 2.19. The molecule has 1 aromatic rings. The Morgan fingerprint density at radius 1 is 1.35 bits per heavy atom. The minimum Gasteiger partial charge on any atom is -0.350 e. The molecule has 0 saturated carbocycles. The summed E-state index contributed by atoms with van der Waals surface area (Å²) in [5, 5.41) is 9.13. The molecular formula is C15H19N3O2. The standard InChI is InChI=1S/C15H19N3O2/c19-14-8-10-4-5-11(7-13(10)18-14)15(20)17-9-12-3-1-2-6-16-12/h4-5,7,12,16H,1-3,6,8-9H2,(H,17,20)(H,18,19). The number of benzene rings is 1. The molecule has 1 aromatic carbocycles. The molecule has 0 spiro atoms. The number of hydrogen-bond acceptors (Lipinski definition) is 3. The van der Waals surface area contributed by atoms with Gasteiger partial charge in [0.05, 0.1) is 6.42 Å². The van der Waals surface area contributed by atoms with Gasteiger partial charge in [0, 0.05) is 23.8 Å². The number of carbonyl (C=O) groups excluding carboxylic acids is 2. The van der Waals surface area contributed by atoms with E-state index in [4.69, 9.17) is 0 Å². The Bertz CT molecular complexity index is 536. The summed E-state index contributed by atoms with van der Waals surface area (Å²) in [6.07, 6.45) is 3.96. The Hall–Kier alpha value is -1.88. The summed E-state index contributed by atoms with van der Waals surface area (Å²) in [4.78, 5) is 23.4. The van der Waals surface area contributed by atoms with Crippen LogP contribution >= 0.6 is 0 Å². The second-order valence-electron chi connectivity index (χ2n) is 5.45. The van der Waals surface area contributed by atoms with E-state index in [1.165, 1.54) is 12.8 Å². The predicted molar refractivity (Wildman–Crippen MR) is 76.8 cm³/mol. The van der Waals surface area contributed by atoms with Crippen LogP contribution < -0.4 is 16.0 Å². The number of nitrogens with one attached hydrogen (secondary N) is 3. The van der Waals surface area contributed by atoms with Crippen LogP contribution in [0.1, 0.15) is 35.2 Å². The van der Waals surface area contributed by atoms with Crippen LogP contribution in [0.25, 0.3) is 0 Å². The molecule has 1 atom stereocenters. The molecule has 1 saturated heterocycles. The molecule has 0 aromatic heterocycles.